The van der Waals surface area contributed by atoms with E-state index in [1.807, 2.05) is 24.3 Å². The van der Waals surface area contributed by atoms with E-state index in [0.29, 0.717) is 11.1 Å². The lowest BCUT2D eigenvalue weighted by molar-refractivity contribution is 0.0995. The number of phenols is 1. The van der Waals surface area contributed by atoms with Gasteiger partial charge in [0.05, 0.1) is 11.4 Å². The third-order valence-corrected chi connectivity index (χ3v) is 3.23. The fourth-order valence-corrected chi connectivity index (χ4v) is 2.25. The minimum Gasteiger partial charge on any atom is -0.507 e. The van der Waals surface area contributed by atoms with Gasteiger partial charge in [-0.2, -0.15) is 0 Å². The normalized spacial score (nSPS) is 10.8. The quantitative estimate of drug-likeness (QED) is 0.737. The molecule has 0 saturated heterocycles. The number of amides is 1. The van der Waals surface area contributed by atoms with Crippen molar-refractivity contribution in [1.82, 2.24) is 15.0 Å². The molecular weight excluding hydrogens is 256 g/mol. The van der Waals surface area contributed by atoms with Gasteiger partial charge in [0.25, 0.3) is 5.91 Å². The number of hydrogen-bond donors (Lipinski definition) is 2. The van der Waals surface area contributed by atoms with E-state index in [0.717, 1.165) is 11.1 Å². The van der Waals surface area contributed by atoms with Crippen LogP contribution in [0.15, 0.2) is 36.4 Å². The molecule has 1 heterocycles. The number of primary amides is 1. The van der Waals surface area contributed by atoms with Gasteiger partial charge in [-0.15, -0.1) is 5.10 Å². The maximum atomic E-state index is 11.3. The molecule has 6 nitrogen and oxygen atoms in total. The highest BCUT2D eigenvalue weighted by Gasteiger charge is 2.16. The number of benzene rings is 2. The van der Waals surface area contributed by atoms with Crippen LogP contribution < -0.4 is 5.73 Å². The number of carbonyl (C=O) groups excluding carboxylic acids is 1. The van der Waals surface area contributed by atoms with Crippen molar-refractivity contribution >= 4 is 16.7 Å². The predicted molar refractivity (Wildman–Crippen MR) is 73.8 cm³/mol. The molecule has 0 bridgehead atoms. The van der Waals surface area contributed by atoms with Gasteiger partial charge in [0.1, 0.15) is 5.75 Å². The number of hydrogen-bond acceptors (Lipinski definition) is 4. The van der Waals surface area contributed by atoms with E-state index in [1.54, 1.807) is 23.7 Å². The van der Waals surface area contributed by atoms with E-state index < -0.39 is 5.91 Å². The first-order valence-electron chi connectivity index (χ1n) is 6.03. The summed E-state index contributed by atoms with van der Waals surface area (Å²) >= 11 is 0. The number of aromatic nitrogens is 3. The van der Waals surface area contributed by atoms with Crippen molar-refractivity contribution in [3.05, 3.63) is 47.8 Å². The Bertz CT molecular complexity index is 823. The molecule has 0 spiro atoms. The van der Waals surface area contributed by atoms with Crippen molar-refractivity contribution in [3.63, 3.8) is 0 Å². The molecule has 0 unspecified atom stereocenters. The highest BCUT2D eigenvalue weighted by atomic mass is 16.3. The van der Waals surface area contributed by atoms with Crippen molar-refractivity contribution in [3.8, 4) is 11.4 Å². The molecule has 6 heteroatoms. The van der Waals surface area contributed by atoms with Gasteiger partial charge < -0.3 is 10.8 Å². The summed E-state index contributed by atoms with van der Waals surface area (Å²) in [5.74, 6) is -0.422. The van der Waals surface area contributed by atoms with E-state index in [9.17, 15) is 9.90 Å². The van der Waals surface area contributed by atoms with Crippen LogP contribution >= 0.6 is 0 Å². The van der Waals surface area contributed by atoms with Crippen LogP contribution in [0.3, 0.4) is 0 Å². The lowest BCUT2D eigenvalue weighted by atomic mass is 10.1. The topological polar surface area (TPSA) is 94.0 Å². The average Bonchev–Trinajstić information content (AvgIpc) is 2.80. The summed E-state index contributed by atoms with van der Waals surface area (Å²) in [6, 6.07) is 10.7. The molecule has 2 aromatic carbocycles. The average molecular weight is 268 g/mol. The van der Waals surface area contributed by atoms with E-state index in [2.05, 4.69) is 10.3 Å². The van der Waals surface area contributed by atoms with Crippen molar-refractivity contribution in [1.29, 1.82) is 0 Å². The zero-order valence-corrected chi connectivity index (χ0v) is 10.7. The summed E-state index contributed by atoms with van der Waals surface area (Å²) in [5, 5.41) is 19.2. The van der Waals surface area contributed by atoms with E-state index in [4.69, 9.17) is 5.73 Å². The molecule has 0 aliphatic rings. The Morgan fingerprint density at radius 3 is 2.60 bits per heavy atom. The van der Waals surface area contributed by atoms with Crippen LogP contribution in [-0.2, 0) is 0 Å². The zero-order chi connectivity index (χ0) is 14.3. The van der Waals surface area contributed by atoms with E-state index in [1.165, 1.54) is 0 Å². The molecule has 3 rings (SSSR count). The Morgan fingerprint density at radius 2 is 1.90 bits per heavy atom. The Morgan fingerprint density at radius 1 is 1.20 bits per heavy atom. The Labute approximate surface area is 114 Å². The maximum Gasteiger partial charge on any atom is 0.271 e. The van der Waals surface area contributed by atoms with Gasteiger partial charge >= 0.3 is 0 Å². The van der Waals surface area contributed by atoms with Crippen molar-refractivity contribution in [2.24, 2.45) is 5.73 Å². The third-order valence-electron chi connectivity index (χ3n) is 3.23. The largest absolute Gasteiger partial charge is 0.507 e. The second kappa shape index (κ2) is 4.34. The lowest BCUT2D eigenvalue weighted by Gasteiger charge is -2.08. The molecule has 20 heavy (non-hydrogen) atoms. The number of rotatable bonds is 2. The molecule has 0 fully saturated rings. The van der Waals surface area contributed by atoms with Gasteiger partial charge in [-0.1, -0.05) is 29.5 Å². The Balaban J connectivity index is 2.30. The van der Waals surface area contributed by atoms with Crippen molar-refractivity contribution < 1.29 is 9.90 Å². The van der Waals surface area contributed by atoms with E-state index >= 15 is 0 Å². The molecule has 0 aliphatic carbocycles. The zero-order valence-electron chi connectivity index (χ0n) is 10.7. The van der Waals surface area contributed by atoms with Gasteiger partial charge in [0.2, 0.25) is 0 Å². The van der Waals surface area contributed by atoms with Crippen LogP contribution in [-0.4, -0.2) is 26.0 Å². The smallest absolute Gasteiger partial charge is 0.271 e. The lowest BCUT2D eigenvalue weighted by Crippen LogP contribution is -2.13. The SMILES string of the molecule is Cc1c(C(N)=O)nnn1-c1cccc2c(O)cccc12. The van der Waals surface area contributed by atoms with Gasteiger partial charge in [0, 0.05) is 10.8 Å². The number of nitrogens with zero attached hydrogens (tertiary/aromatic N) is 3. The second-order valence-corrected chi connectivity index (χ2v) is 4.45. The summed E-state index contributed by atoms with van der Waals surface area (Å²) in [4.78, 5) is 11.3. The minimum absolute atomic E-state index is 0.141. The third kappa shape index (κ3) is 1.70. The van der Waals surface area contributed by atoms with Gasteiger partial charge in [-0.25, -0.2) is 4.68 Å². The standard InChI is InChI=1S/C14H12N4O2/c1-8-13(14(15)20)16-17-18(8)11-6-2-5-10-9(11)4-3-7-12(10)19/h2-7,19H,1H3,(H2,15,20). The van der Waals surface area contributed by atoms with Crippen LogP contribution in [0.5, 0.6) is 5.75 Å². The first kappa shape index (κ1) is 12.2. The molecule has 1 aromatic heterocycles. The summed E-state index contributed by atoms with van der Waals surface area (Å²) < 4.78 is 1.54. The van der Waals surface area contributed by atoms with Gasteiger partial charge in [-0.05, 0) is 19.1 Å². The summed E-state index contributed by atoms with van der Waals surface area (Å²) in [5.41, 5.74) is 6.68. The first-order chi connectivity index (χ1) is 9.59. The summed E-state index contributed by atoms with van der Waals surface area (Å²) in [7, 11) is 0. The molecule has 3 N–H and O–H groups in total. The fraction of sp³-hybridized carbons (Fsp3) is 0.0714. The fourth-order valence-electron chi connectivity index (χ4n) is 2.25. The van der Waals surface area contributed by atoms with Crippen LogP contribution in [0.2, 0.25) is 0 Å². The van der Waals surface area contributed by atoms with Crippen LogP contribution in [0.25, 0.3) is 16.5 Å². The van der Waals surface area contributed by atoms with Gasteiger partial charge in [0.15, 0.2) is 5.69 Å². The monoisotopic (exact) mass is 268 g/mol. The van der Waals surface area contributed by atoms with Crippen LogP contribution in [0, 0.1) is 6.92 Å². The van der Waals surface area contributed by atoms with Crippen molar-refractivity contribution in [2.75, 3.05) is 0 Å². The summed E-state index contributed by atoms with van der Waals surface area (Å²) in [6.45, 7) is 1.72. The number of carbonyl (C=O) groups is 1. The highest BCUT2D eigenvalue weighted by molar-refractivity contribution is 5.95. The van der Waals surface area contributed by atoms with Crippen molar-refractivity contribution in [2.45, 2.75) is 6.92 Å². The molecule has 0 radical (unpaired) electrons. The predicted octanol–water partition coefficient (Wildman–Crippen LogP) is 1.53. The number of phenolic OH excluding ortho intramolecular Hbond substituents is 1. The maximum absolute atomic E-state index is 11.3. The molecule has 0 atom stereocenters. The highest BCUT2D eigenvalue weighted by Crippen LogP contribution is 2.29. The van der Waals surface area contributed by atoms with E-state index in [-0.39, 0.29) is 11.4 Å². The van der Waals surface area contributed by atoms with Crippen LogP contribution in [0.1, 0.15) is 16.2 Å². The molecule has 1 amide bonds. The molecule has 0 aliphatic heterocycles. The molecular formula is C14H12N4O2. The molecule has 100 valence electrons. The second-order valence-electron chi connectivity index (χ2n) is 4.45. The molecule has 0 saturated carbocycles. The first-order valence-corrected chi connectivity index (χ1v) is 6.03. The Kier molecular flexibility index (Phi) is 2.64. The number of aromatic hydroxyl groups is 1. The summed E-state index contributed by atoms with van der Waals surface area (Å²) in [6.07, 6.45) is 0. The Hall–Kier alpha value is -2.89. The van der Waals surface area contributed by atoms with Crippen LogP contribution in [0.4, 0.5) is 0 Å². The number of fused-ring (bicyclic) bond motifs is 1. The minimum atomic E-state index is -0.614. The molecule has 3 aromatic rings. The van der Waals surface area contributed by atoms with Gasteiger partial charge in [-0.3, -0.25) is 4.79 Å². The number of nitrogens with two attached hydrogens (primary N) is 1.